The van der Waals surface area contributed by atoms with Crippen LogP contribution in [0.3, 0.4) is 0 Å². The van der Waals surface area contributed by atoms with E-state index in [0.717, 1.165) is 54.4 Å². The normalized spacial score (nSPS) is 10.8. The molecular weight excluding hydrogens is 546 g/mol. The van der Waals surface area contributed by atoms with Crippen LogP contribution in [0.2, 0.25) is 0 Å². The fourth-order valence-corrected chi connectivity index (χ4v) is 4.84. The van der Waals surface area contributed by atoms with Crippen LogP contribution in [-0.4, -0.2) is 60.3 Å². The number of carboxylic acid groups (broad SMARTS) is 2. The van der Waals surface area contributed by atoms with Gasteiger partial charge in [-0.3, -0.25) is 14.4 Å². The second kappa shape index (κ2) is 16.9. The summed E-state index contributed by atoms with van der Waals surface area (Å²) in [6, 6.07) is 19.6. The molecule has 3 aromatic carbocycles. The first-order chi connectivity index (χ1) is 20.6. The van der Waals surface area contributed by atoms with E-state index >= 15 is 0 Å². The molecule has 2 N–H and O–H groups in total. The molecular formula is C35H43NO7. The Hall–Kier alpha value is -4.33. The molecule has 1 amide bonds. The van der Waals surface area contributed by atoms with Crippen molar-refractivity contribution in [2.45, 2.75) is 64.7 Å². The minimum atomic E-state index is -0.867. The number of hydrogen-bond acceptors (Lipinski definition) is 5. The summed E-state index contributed by atoms with van der Waals surface area (Å²) in [6.07, 6.45) is 5.36. The van der Waals surface area contributed by atoms with Gasteiger partial charge in [0.2, 0.25) is 0 Å². The summed E-state index contributed by atoms with van der Waals surface area (Å²) < 4.78 is 11.9. The van der Waals surface area contributed by atoms with Crippen molar-refractivity contribution in [3.05, 3.63) is 82.9 Å². The fourth-order valence-electron chi connectivity index (χ4n) is 4.84. The maximum Gasteiger partial charge on any atom is 0.303 e. The number of amides is 1. The molecule has 0 heterocycles. The van der Waals surface area contributed by atoms with Crippen LogP contribution in [0.1, 0.15) is 72.0 Å². The van der Waals surface area contributed by atoms with Crippen LogP contribution in [-0.2, 0) is 22.4 Å². The Morgan fingerprint density at radius 3 is 2.12 bits per heavy atom. The Labute approximate surface area is 254 Å². The van der Waals surface area contributed by atoms with Crippen molar-refractivity contribution in [2.75, 3.05) is 27.3 Å². The lowest BCUT2D eigenvalue weighted by Crippen LogP contribution is -2.21. The van der Waals surface area contributed by atoms with Crippen LogP contribution in [0.4, 0.5) is 0 Å². The number of aryl methyl sites for hydroxylation is 2. The maximum atomic E-state index is 12.7. The largest absolute Gasteiger partial charge is 0.494 e. The number of unbranched alkanes of at least 4 members (excludes halogenated alkanes) is 3. The zero-order valence-electron chi connectivity index (χ0n) is 25.4. The minimum absolute atomic E-state index is 0.00675. The topological polar surface area (TPSA) is 113 Å². The van der Waals surface area contributed by atoms with Gasteiger partial charge in [0.05, 0.1) is 13.2 Å². The fraction of sp³-hybridized carbons (Fsp3) is 0.400. The Morgan fingerprint density at radius 1 is 0.721 bits per heavy atom. The lowest BCUT2D eigenvalue weighted by molar-refractivity contribution is -0.138. The van der Waals surface area contributed by atoms with Crippen molar-refractivity contribution in [1.29, 1.82) is 0 Å². The van der Waals surface area contributed by atoms with Gasteiger partial charge in [-0.15, -0.1) is 0 Å². The highest BCUT2D eigenvalue weighted by atomic mass is 16.5. The summed E-state index contributed by atoms with van der Waals surface area (Å²) in [5.41, 5.74) is 5.69. The smallest absolute Gasteiger partial charge is 0.303 e. The molecule has 0 bridgehead atoms. The Bertz CT molecular complexity index is 1370. The van der Waals surface area contributed by atoms with Crippen LogP contribution in [0.5, 0.6) is 11.5 Å². The predicted molar refractivity (Wildman–Crippen MR) is 167 cm³/mol. The monoisotopic (exact) mass is 589 g/mol. The zero-order valence-corrected chi connectivity index (χ0v) is 25.4. The van der Waals surface area contributed by atoms with Gasteiger partial charge in [-0.05, 0) is 85.5 Å². The van der Waals surface area contributed by atoms with E-state index in [4.69, 9.17) is 14.6 Å². The molecule has 0 radical (unpaired) electrons. The number of rotatable bonds is 18. The maximum absolute atomic E-state index is 12.7. The average Bonchev–Trinajstić information content (AvgIpc) is 2.97. The number of aliphatic carboxylic acids is 2. The van der Waals surface area contributed by atoms with Crippen molar-refractivity contribution in [1.82, 2.24) is 4.90 Å². The minimum Gasteiger partial charge on any atom is -0.494 e. The second-order valence-corrected chi connectivity index (χ2v) is 11.0. The van der Waals surface area contributed by atoms with Crippen LogP contribution < -0.4 is 9.47 Å². The molecule has 0 unspecified atom stereocenters. The van der Waals surface area contributed by atoms with Crippen molar-refractivity contribution in [3.63, 3.8) is 0 Å². The van der Waals surface area contributed by atoms with Gasteiger partial charge in [0.15, 0.2) is 0 Å². The lowest BCUT2D eigenvalue weighted by atomic mass is 9.97. The van der Waals surface area contributed by atoms with Gasteiger partial charge in [-0.25, -0.2) is 0 Å². The Balaban J connectivity index is 1.54. The van der Waals surface area contributed by atoms with Gasteiger partial charge in [0.1, 0.15) is 11.5 Å². The van der Waals surface area contributed by atoms with Crippen molar-refractivity contribution in [3.8, 4) is 22.6 Å². The van der Waals surface area contributed by atoms with Crippen molar-refractivity contribution in [2.24, 2.45) is 0 Å². The van der Waals surface area contributed by atoms with E-state index in [1.807, 2.05) is 49.4 Å². The Morgan fingerprint density at radius 2 is 1.42 bits per heavy atom. The van der Waals surface area contributed by atoms with E-state index < -0.39 is 11.9 Å². The number of hydrogen-bond donors (Lipinski definition) is 2. The van der Waals surface area contributed by atoms with Crippen LogP contribution >= 0.6 is 0 Å². The number of nitrogens with zero attached hydrogens (tertiary/aromatic N) is 1. The van der Waals surface area contributed by atoms with Gasteiger partial charge in [0.25, 0.3) is 5.91 Å². The molecule has 0 saturated carbocycles. The highest BCUT2D eigenvalue weighted by Crippen LogP contribution is 2.28. The number of carboxylic acids is 2. The molecule has 230 valence electrons. The summed E-state index contributed by atoms with van der Waals surface area (Å²) in [6.45, 7) is 2.85. The van der Waals surface area contributed by atoms with E-state index in [9.17, 15) is 19.5 Å². The molecule has 0 spiro atoms. The number of carbonyl (C=O) groups is 3. The lowest BCUT2D eigenvalue weighted by Gasteiger charge is -2.16. The summed E-state index contributed by atoms with van der Waals surface area (Å²) in [7, 11) is 3.48. The van der Waals surface area contributed by atoms with Crippen LogP contribution in [0, 0.1) is 6.92 Å². The van der Waals surface area contributed by atoms with E-state index in [1.165, 1.54) is 5.56 Å². The van der Waals surface area contributed by atoms with E-state index in [1.54, 1.807) is 25.1 Å². The van der Waals surface area contributed by atoms with Gasteiger partial charge in [0, 0.05) is 32.5 Å². The average molecular weight is 590 g/mol. The highest BCUT2D eigenvalue weighted by Gasteiger charge is 2.14. The molecule has 3 rings (SSSR count). The standard InChI is InChI=1S/C35H43NO7/c1-25-14-16-26(17-15-25)28-22-29(35(41)36(2)3)24-30(23-28)42-20-7-5-4-6-10-27-11-8-12-32(31(27)18-19-34(39)40)43-21-9-13-33(37)38/h8,11-12,14-17,22-24H,4-7,9-10,13,18-21H2,1-3H3,(H,37,38)(H,39,40). The molecule has 0 fully saturated rings. The van der Waals surface area contributed by atoms with Gasteiger partial charge in [-0.2, -0.15) is 0 Å². The third kappa shape index (κ3) is 11.1. The summed E-state index contributed by atoms with van der Waals surface area (Å²) in [5.74, 6) is -0.497. The zero-order chi connectivity index (χ0) is 31.2. The molecule has 43 heavy (non-hydrogen) atoms. The van der Waals surface area contributed by atoms with Crippen LogP contribution in [0.15, 0.2) is 60.7 Å². The first-order valence-electron chi connectivity index (χ1n) is 14.9. The molecule has 0 aliphatic heterocycles. The number of benzene rings is 3. The summed E-state index contributed by atoms with van der Waals surface area (Å²) >= 11 is 0. The molecule has 8 nitrogen and oxygen atoms in total. The molecule has 0 aromatic heterocycles. The molecule has 0 saturated heterocycles. The second-order valence-electron chi connectivity index (χ2n) is 11.0. The predicted octanol–water partition coefficient (Wildman–Crippen LogP) is 6.81. The summed E-state index contributed by atoms with van der Waals surface area (Å²) in [5, 5.41) is 18.1. The van der Waals surface area contributed by atoms with Crippen molar-refractivity contribution < 1.29 is 34.1 Å². The Kier molecular flexibility index (Phi) is 13.1. The van der Waals surface area contributed by atoms with Crippen LogP contribution in [0.25, 0.3) is 11.1 Å². The summed E-state index contributed by atoms with van der Waals surface area (Å²) in [4.78, 5) is 36.3. The number of carbonyl (C=O) groups excluding carboxylic acids is 1. The SMILES string of the molecule is Cc1ccc(-c2cc(OCCCCCCc3cccc(OCCCC(=O)O)c3CCC(=O)O)cc(C(=O)N(C)C)c2)cc1. The quantitative estimate of drug-likeness (QED) is 0.157. The highest BCUT2D eigenvalue weighted by molar-refractivity contribution is 5.95. The first-order valence-corrected chi connectivity index (χ1v) is 14.9. The molecule has 0 atom stereocenters. The van der Waals surface area contributed by atoms with E-state index in [0.29, 0.717) is 36.5 Å². The van der Waals surface area contributed by atoms with Gasteiger partial charge >= 0.3 is 11.9 Å². The third-order valence-corrected chi connectivity index (χ3v) is 7.17. The van der Waals surface area contributed by atoms with E-state index in [-0.39, 0.29) is 25.4 Å². The van der Waals surface area contributed by atoms with Gasteiger partial charge in [-0.1, -0.05) is 54.8 Å². The van der Waals surface area contributed by atoms with Crippen molar-refractivity contribution >= 4 is 17.8 Å². The van der Waals surface area contributed by atoms with Gasteiger partial charge < -0.3 is 24.6 Å². The first kappa shape index (κ1) is 33.2. The third-order valence-electron chi connectivity index (χ3n) is 7.17. The molecule has 8 heteroatoms. The van der Waals surface area contributed by atoms with E-state index in [2.05, 4.69) is 12.1 Å². The molecule has 0 aliphatic carbocycles. The number of ether oxygens (including phenoxy) is 2. The molecule has 3 aromatic rings. The molecule has 0 aliphatic rings.